The maximum absolute atomic E-state index is 3.56. The van der Waals surface area contributed by atoms with Crippen LogP contribution in [0.2, 0.25) is 0 Å². The van der Waals surface area contributed by atoms with Crippen molar-refractivity contribution < 1.29 is 52.8 Å². The van der Waals surface area contributed by atoms with Crippen molar-refractivity contribution >= 4 is 0 Å². The Bertz CT molecular complexity index is 86.5. The smallest absolute Gasteiger partial charge is 1.00 e. The number of rotatable bonds is 0. The van der Waals surface area contributed by atoms with Crippen molar-refractivity contribution in [2.24, 2.45) is 0 Å². The average molecular weight is 121 g/mol. The van der Waals surface area contributed by atoms with E-state index in [0.717, 1.165) is 0 Å². The van der Waals surface area contributed by atoms with Gasteiger partial charge in [-0.3, -0.25) is 0 Å². The first-order valence-electron chi connectivity index (χ1n) is 1.55. The van der Waals surface area contributed by atoms with Crippen LogP contribution >= 0.6 is 0 Å². The molecule has 3 nitrogen and oxygen atoms in total. The molecule has 0 amide bonds. The van der Waals surface area contributed by atoms with E-state index in [1.54, 1.807) is 0 Å². The molecule has 0 aliphatic carbocycles. The molecule has 32 valence electrons. The van der Waals surface area contributed by atoms with Gasteiger partial charge in [0.05, 0.1) is 0 Å². The Morgan fingerprint density at radius 2 is 1.14 bits per heavy atom. The summed E-state index contributed by atoms with van der Waals surface area (Å²) in [7, 11) is 0. The van der Waals surface area contributed by atoms with Crippen LogP contribution in [-0.4, -0.2) is 15.0 Å². The van der Waals surface area contributed by atoms with Crippen molar-refractivity contribution in [3.8, 4) is 0 Å². The van der Waals surface area contributed by atoms with Crippen LogP contribution < -0.4 is 51.4 Å². The molecule has 0 aliphatic rings. The van der Waals surface area contributed by atoms with Crippen molar-refractivity contribution in [2.75, 3.05) is 0 Å². The van der Waals surface area contributed by atoms with E-state index in [0.29, 0.717) is 0 Å². The first kappa shape index (κ1) is 7.65. The summed E-state index contributed by atoms with van der Waals surface area (Å²) in [4.78, 5) is 10.7. The van der Waals surface area contributed by atoms with E-state index in [4.69, 9.17) is 0 Å². The topological polar surface area (TPSA) is 38.7 Å². The van der Waals surface area contributed by atoms with Gasteiger partial charge in [-0.15, -0.1) is 0 Å². The average Bonchev–Trinajstić information content (AvgIpc) is 1.72. The number of hydrogen-bond donors (Lipinski definition) is 0. The third kappa shape index (κ3) is 3.25. The van der Waals surface area contributed by atoms with Crippen LogP contribution in [0.25, 0.3) is 0 Å². The Balaban J connectivity index is 0. The first-order chi connectivity index (χ1) is 3.00. The Kier molecular flexibility index (Phi) is 5.24. The van der Waals surface area contributed by atoms with Crippen LogP contribution in [0, 0.1) is 0 Å². The van der Waals surface area contributed by atoms with Gasteiger partial charge in [-0.1, -0.05) is 0 Å². The van der Waals surface area contributed by atoms with Crippen LogP contribution in [0.3, 0.4) is 0 Å². The molecule has 1 aromatic rings. The molecule has 1 rings (SSSR count). The van der Waals surface area contributed by atoms with Gasteiger partial charge in [0.2, 0.25) is 0 Å². The molecule has 0 atom stereocenters. The molecule has 4 heteroatoms. The molecular weight excluding hydrogens is 117 g/mol. The number of aromatic nitrogens is 3. The molecule has 0 bridgehead atoms. The fraction of sp³-hybridized carbons (Fsp3) is 0. The van der Waals surface area contributed by atoms with Gasteiger partial charge in [0, 0.05) is 0 Å². The van der Waals surface area contributed by atoms with Crippen LogP contribution in [0.4, 0.5) is 0 Å². The summed E-state index contributed by atoms with van der Waals surface area (Å²) in [5.41, 5.74) is 0. The third-order valence-electron chi connectivity index (χ3n) is 0.400. The van der Waals surface area contributed by atoms with Crippen molar-refractivity contribution in [2.45, 2.75) is 0 Å². The predicted molar refractivity (Wildman–Crippen MR) is 20.9 cm³/mol. The molecule has 1 heterocycles. The maximum atomic E-state index is 3.56. The van der Waals surface area contributed by atoms with E-state index < -0.39 is 0 Å². The van der Waals surface area contributed by atoms with Gasteiger partial charge in [0.25, 0.3) is 0 Å². The summed E-state index contributed by atoms with van der Waals surface area (Å²) in [6, 6.07) is 0. The Morgan fingerprint density at radius 3 is 1.29 bits per heavy atom. The molecular formula is C3H4KN3. The maximum Gasteiger partial charge on any atom is 1.00 e. The summed E-state index contributed by atoms with van der Waals surface area (Å²) < 4.78 is 0. The van der Waals surface area contributed by atoms with Gasteiger partial charge in [0.1, 0.15) is 19.0 Å². The molecule has 7 heavy (non-hydrogen) atoms. The minimum atomic E-state index is 0. The summed E-state index contributed by atoms with van der Waals surface area (Å²) in [6.45, 7) is 0. The Morgan fingerprint density at radius 1 is 0.857 bits per heavy atom. The predicted octanol–water partition coefficient (Wildman–Crippen LogP) is -3.01. The molecule has 0 radical (unpaired) electrons. The van der Waals surface area contributed by atoms with Gasteiger partial charge in [-0.2, -0.15) is 0 Å². The fourth-order valence-electron chi connectivity index (χ4n) is 0.205. The zero-order valence-electron chi connectivity index (χ0n) is 5.07. The van der Waals surface area contributed by atoms with Crippen molar-refractivity contribution in [1.29, 1.82) is 0 Å². The molecule has 0 N–H and O–H groups in total. The first-order valence-corrected chi connectivity index (χ1v) is 1.55. The fourth-order valence-corrected chi connectivity index (χ4v) is 0.205. The monoisotopic (exact) mass is 121 g/mol. The molecule has 0 spiro atoms. The van der Waals surface area contributed by atoms with E-state index in [1.807, 2.05) is 0 Å². The van der Waals surface area contributed by atoms with Crippen molar-refractivity contribution in [3.05, 3.63) is 19.0 Å². The molecule has 0 aromatic carbocycles. The van der Waals surface area contributed by atoms with Gasteiger partial charge >= 0.3 is 51.4 Å². The summed E-state index contributed by atoms with van der Waals surface area (Å²) in [6.07, 6.45) is 4.31. The molecule has 0 saturated carbocycles. The quantitative estimate of drug-likeness (QED) is 0.343. The largest absolute Gasteiger partial charge is 1.00 e. The molecule has 0 fully saturated rings. The summed E-state index contributed by atoms with van der Waals surface area (Å²) >= 11 is 0. The van der Waals surface area contributed by atoms with E-state index in [9.17, 15) is 0 Å². The van der Waals surface area contributed by atoms with Crippen LogP contribution in [0.1, 0.15) is 1.43 Å². The molecule has 0 aliphatic heterocycles. The van der Waals surface area contributed by atoms with Crippen molar-refractivity contribution in [1.82, 2.24) is 15.0 Å². The Hall–Kier alpha value is 0.646. The third-order valence-corrected chi connectivity index (χ3v) is 0.400. The van der Waals surface area contributed by atoms with E-state index in [2.05, 4.69) is 15.0 Å². The number of nitrogens with zero attached hydrogens (tertiary/aromatic N) is 3. The summed E-state index contributed by atoms with van der Waals surface area (Å²) in [5.74, 6) is 0. The van der Waals surface area contributed by atoms with E-state index >= 15 is 0 Å². The van der Waals surface area contributed by atoms with Crippen LogP contribution in [0.5, 0.6) is 0 Å². The van der Waals surface area contributed by atoms with E-state index in [-0.39, 0.29) is 52.8 Å². The standard InChI is InChI=1S/C3H3N3.K.H/c1-4-2-6-3-5-1;;/h1-3H;;/q;+1;-1. The zero-order chi connectivity index (χ0) is 4.24. The van der Waals surface area contributed by atoms with Crippen LogP contribution in [-0.2, 0) is 0 Å². The molecule has 1 aromatic heterocycles. The van der Waals surface area contributed by atoms with Gasteiger partial charge in [0.15, 0.2) is 0 Å². The second-order valence-electron chi connectivity index (χ2n) is 0.794. The second-order valence-corrected chi connectivity index (χ2v) is 0.794. The SMILES string of the molecule is [H-].[K+].c1ncncn1. The van der Waals surface area contributed by atoms with Gasteiger partial charge in [-0.25, -0.2) is 15.0 Å². The molecule has 0 saturated heterocycles. The normalized spacial score (nSPS) is 6.86. The van der Waals surface area contributed by atoms with Gasteiger partial charge < -0.3 is 1.43 Å². The van der Waals surface area contributed by atoms with Crippen molar-refractivity contribution in [3.63, 3.8) is 0 Å². The van der Waals surface area contributed by atoms with E-state index in [1.165, 1.54) is 19.0 Å². The minimum Gasteiger partial charge on any atom is -1.00 e. The minimum absolute atomic E-state index is 0. The zero-order valence-corrected chi connectivity index (χ0v) is 7.20. The summed E-state index contributed by atoms with van der Waals surface area (Å²) in [5, 5.41) is 0. The molecule has 0 unspecified atom stereocenters. The number of hydrogen-bond acceptors (Lipinski definition) is 3. The van der Waals surface area contributed by atoms with Gasteiger partial charge in [-0.05, 0) is 0 Å². The Labute approximate surface area is 85.5 Å². The second kappa shape index (κ2) is 4.80. The van der Waals surface area contributed by atoms with Crippen LogP contribution in [0.15, 0.2) is 19.0 Å².